The van der Waals surface area contributed by atoms with Crippen molar-refractivity contribution >= 4 is 16.9 Å². The standard InChI is InChI=1S/C22H28N2O4/c1-14-19(27-13-20(25)24(3)15-10-11-23(2)12-15)9-8-17-16-6-4-5-7-18(16)22(26)28-21(14)17/h8-9,15H,4-7,10-13H2,1-3H3. The Kier molecular flexibility index (Phi) is 5.15. The summed E-state index contributed by atoms with van der Waals surface area (Å²) in [5, 5.41) is 0.997. The molecule has 1 atom stereocenters. The number of rotatable bonds is 4. The fourth-order valence-corrected chi connectivity index (χ4v) is 4.45. The van der Waals surface area contributed by atoms with Crippen LogP contribution in [-0.4, -0.2) is 55.5 Å². The molecule has 0 saturated carbocycles. The molecule has 0 radical (unpaired) electrons. The highest BCUT2D eigenvalue weighted by Crippen LogP contribution is 2.32. The van der Waals surface area contributed by atoms with Gasteiger partial charge in [0.1, 0.15) is 11.3 Å². The Morgan fingerprint density at radius 3 is 2.75 bits per heavy atom. The molecular formula is C22H28N2O4. The molecular weight excluding hydrogens is 356 g/mol. The lowest BCUT2D eigenvalue weighted by atomic mass is 9.90. The number of likely N-dealkylation sites (tertiary alicyclic amines) is 1. The summed E-state index contributed by atoms with van der Waals surface area (Å²) in [6, 6.07) is 4.09. The summed E-state index contributed by atoms with van der Waals surface area (Å²) < 4.78 is 11.5. The molecule has 4 rings (SSSR count). The molecule has 28 heavy (non-hydrogen) atoms. The highest BCUT2D eigenvalue weighted by molar-refractivity contribution is 5.86. The highest BCUT2D eigenvalue weighted by Gasteiger charge is 2.27. The van der Waals surface area contributed by atoms with Crippen molar-refractivity contribution < 1.29 is 13.9 Å². The van der Waals surface area contributed by atoms with Crippen LogP contribution in [0.1, 0.15) is 36.0 Å². The molecule has 2 aliphatic rings. The number of likely N-dealkylation sites (N-methyl/N-ethyl adjacent to an activating group) is 2. The third-order valence-electron chi connectivity index (χ3n) is 6.25. The van der Waals surface area contributed by atoms with E-state index in [1.807, 2.05) is 26.1 Å². The van der Waals surface area contributed by atoms with Gasteiger partial charge in [-0.05, 0) is 70.3 Å². The molecule has 1 aromatic carbocycles. The van der Waals surface area contributed by atoms with Crippen LogP contribution in [0.4, 0.5) is 0 Å². The summed E-state index contributed by atoms with van der Waals surface area (Å²) in [4.78, 5) is 29.0. The van der Waals surface area contributed by atoms with Gasteiger partial charge in [0, 0.05) is 36.1 Å². The molecule has 1 aliphatic heterocycles. The predicted molar refractivity (Wildman–Crippen MR) is 108 cm³/mol. The summed E-state index contributed by atoms with van der Waals surface area (Å²) >= 11 is 0. The maximum Gasteiger partial charge on any atom is 0.339 e. The van der Waals surface area contributed by atoms with Crippen LogP contribution in [0.25, 0.3) is 11.0 Å². The number of ether oxygens (including phenoxy) is 1. The number of benzene rings is 1. The molecule has 1 unspecified atom stereocenters. The summed E-state index contributed by atoms with van der Waals surface area (Å²) in [5.41, 5.74) is 3.07. The first-order valence-electron chi connectivity index (χ1n) is 10.1. The van der Waals surface area contributed by atoms with Gasteiger partial charge < -0.3 is 19.0 Å². The van der Waals surface area contributed by atoms with Gasteiger partial charge in [-0.1, -0.05) is 0 Å². The molecule has 2 aromatic rings. The number of hydrogen-bond acceptors (Lipinski definition) is 5. The topological polar surface area (TPSA) is 63.0 Å². The monoisotopic (exact) mass is 384 g/mol. The number of aryl methyl sites for hydroxylation is 2. The molecule has 1 amide bonds. The van der Waals surface area contributed by atoms with Gasteiger partial charge in [-0.3, -0.25) is 4.79 Å². The second-order valence-corrected chi connectivity index (χ2v) is 8.12. The van der Waals surface area contributed by atoms with E-state index in [0.29, 0.717) is 11.3 Å². The fourth-order valence-electron chi connectivity index (χ4n) is 4.45. The van der Waals surface area contributed by atoms with Crippen LogP contribution in [0.2, 0.25) is 0 Å². The van der Waals surface area contributed by atoms with Crippen molar-refractivity contribution in [3.63, 3.8) is 0 Å². The van der Waals surface area contributed by atoms with Crippen LogP contribution in [0.3, 0.4) is 0 Å². The molecule has 1 fully saturated rings. The van der Waals surface area contributed by atoms with Crippen LogP contribution in [-0.2, 0) is 17.6 Å². The fraction of sp³-hybridized carbons (Fsp3) is 0.545. The van der Waals surface area contributed by atoms with Crippen molar-refractivity contribution in [3.05, 3.63) is 39.2 Å². The number of amides is 1. The van der Waals surface area contributed by atoms with Crippen LogP contribution in [0.5, 0.6) is 5.75 Å². The number of fused-ring (bicyclic) bond motifs is 3. The Morgan fingerprint density at radius 1 is 1.29 bits per heavy atom. The van der Waals surface area contributed by atoms with E-state index >= 15 is 0 Å². The second kappa shape index (κ2) is 7.59. The second-order valence-electron chi connectivity index (χ2n) is 8.12. The zero-order chi connectivity index (χ0) is 19.8. The predicted octanol–water partition coefficient (Wildman–Crippen LogP) is 2.52. The summed E-state index contributed by atoms with van der Waals surface area (Å²) in [6.45, 7) is 3.78. The van der Waals surface area contributed by atoms with Gasteiger partial charge in [0.2, 0.25) is 0 Å². The van der Waals surface area contributed by atoms with Gasteiger partial charge >= 0.3 is 5.63 Å². The lowest BCUT2D eigenvalue weighted by Gasteiger charge is -2.24. The molecule has 6 heteroatoms. The van der Waals surface area contributed by atoms with Crippen LogP contribution in [0.15, 0.2) is 21.3 Å². The quantitative estimate of drug-likeness (QED) is 0.758. The van der Waals surface area contributed by atoms with E-state index in [-0.39, 0.29) is 24.2 Å². The summed E-state index contributed by atoms with van der Waals surface area (Å²) in [6.07, 6.45) is 4.83. The third-order valence-corrected chi connectivity index (χ3v) is 6.25. The average Bonchev–Trinajstić information content (AvgIpc) is 3.14. The first-order valence-corrected chi connectivity index (χ1v) is 10.1. The zero-order valence-corrected chi connectivity index (χ0v) is 16.9. The molecule has 0 bridgehead atoms. The van der Waals surface area contributed by atoms with Crippen molar-refractivity contribution in [2.75, 3.05) is 33.8 Å². The Bertz CT molecular complexity index is 965. The lowest BCUT2D eigenvalue weighted by Crippen LogP contribution is -2.41. The van der Waals surface area contributed by atoms with Gasteiger partial charge in [-0.15, -0.1) is 0 Å². The molecule has 1 aliphatic carbocycles. The van der Waals surface area contributed by atoms with E-state index in [1.54, 1.807) is 4.90 Å². The Balaban J connectivity index is 1.54. The first-order chi connectivity index (χ1) is 13.5. The molecule has 1 saturated heterocycles. The minimum atomic E-state index is -0.233. The molecule has 2 heterocycles. The summed E-state index contributed by atoms with van der Waals surface area (Å²) in [7, 11) is 3.91. The van der Waals surface area contributed by atoms with E-state index in [1.165, 1.54) is 0 Å². The van der Waals surface area contributed by atoms with Crippen molar-refractivity contribution in [2.24, 2.45) is 0 Å². The van der Waals surface area contributed by atoms with E-state index in [9.17, 15) is 9.59 Å². The van der Waals surface area contributed by atoms with Crippen molar-refractivity contribution in [2.45, 2.75) is 45.1 Å². The van der Waals surface area contributed by atoms with Crippen LogP contribution in [0, 0.1) is 6.92 Å². The van der Waals surface area contributed by atoms with Gasteiger partial charge in [-0.2, -0.15) is 0 Å². The van der Waals surface area contributed by atoms with Gasteiger partial charge in [-0.25, -0.2) is 4.79 Å². The van der Waals surface area contributed by atoms with E-state index in [0.717, 1.165) is 67.3 Å². The lowest BCUT2D eigenvalue weighted by molar-refractivity contribution is -0.133. The average molecular weight is 384 g/mol. The van der Waals surface area contributed by atoms with Gasteiger partial charge in [0.15, 0.2) is 6.61 Å². The van der Waals surface area contributed by atoms with Crippen molar-refractivity contribution in [1.82, 2.24) is 9.80 Å². The first kappa shape index (κ1) is 19.0. The number of nitrogens with zero attached hydrogens (tertiary/aromatic N) is 2. The minimum Gasteiger partial charge on any atom is -0.483 e. The Hall–Kier alpha value is -2.34. The minimum absolute atomic E-state index is 0.0156. The van der Waals surface area contributed by atoms with E-state index < -0.39 is 0 Å². The SMILES string of the molecule is Cc1c(OCC(=O)N(C)C2CCN(C)C2)ccc2c3c(c(=O)oc12)CCCC3. The van der Waals surface area contributed by atoms with Crippen LogP contribution >= 0.6 is 0 Å². The normalized spacial score (nSPS) is 19.6. The van der Waals surface area contributed by atoms with Crippen LogP contribution < -0.4 is 10.4 Å². The molecule has 0 N–H and O–H groups in total. The van der Waals surface area contributed by atoms with E-state index in [2.05, 4.69) is 11.9 Å². The largest absolute Gasteiger partial charge is 0.483 e. The zero-order valence-electron chi connectivity index (χ0n) is 16.9. The highest BCUT2D eigenvalue weighted by atomic mass is 16.5. The van der Waals surface area contributed by atoms with Crippen molar-refractivity contribution in [1.29, 1.82) is 0 Å². The summed E-state index contributed by atoms with van der Waals surface area (Å²) in [5.74, 6) is 0.559. The van der Waals surface area contributed by atoms with Gasteiger partial charge in [0.25, 0.3) is 5.91 Å². The third kappa shape index (κ3) is 3.41. The van der Waals surface area contributed by atoms with Gasteiger partial charge in [0.05, 0.1) is 0 Å². The van der Waals surface area contributed by atoms with Crippen molar-refractivity contribution in [3.8, 4) is 5.75 Å². The number of hydrogen-bond donors (Lipinski definition) is 0. The molecule has 1 aromatic heterocycles. The molecule has 6 nitrogen and oxygen atoms in total. The maximum atomic E-state index is 12.5. The molecule has 150 valence electrons. The van der Waals surface area contributed by atoms with E-state index in [4.69, 9.17) is 9.15 Å². The smallest absolute Gasteiger partial charge is 0.339 e. The molecule has 0 spiro atoms. The maximum absolute atomic E-state index is 12.5. The number of carbonyl (C=O) groups excluding carboxylic acids is 1. The number of carbonyl (C=O) groups is 1. The Labute approximate surface area is 165 Å². The Morgan fingerprint density at radius 2 is 2.04 bits per heavy atom.